The predicted octanol–water partition coefficient (Wildman–Crippen LogP) is 2.82. The van der Waals surface area contributed by atoms with Crippen LogP contribution in [-0.4, -0.2) is 24.0 Å². The molecule has 1 aromatic rings. The van der Waals surface area contributed by atoms with E-state index < -0.39 is 0 Å². The average molecular weight is 251 g/mol. The van der Waals surface area contributed by atoms with Gasteiger partial charge in [0.1, 0.15) is 0 Å². The summed E-state index contributed by atoms with van der Waals surface area (Å²) in [5, 5.41) is 0.799. The van der Waals surface area contributed by atoms with Crippen LogP contribution in [-0.2, 0) is 0 Å². The van der Waals surface area contributed by atoms with Crippen molar-refractivity contribution >= 4 is 11.6 Å². The number of rotatable bonds is 3. The highest BCUT2D eigenvalue weighted by molar-refractivity contribution is 6.30. The van der Waals surface area contributed by atoms with E-state index in [1.54, 1.807) is 0 Å². The van der Waals surface area contributed by atoms with Gasteiger partial charge in [-0.05, 0) is 42.9 Å². The summed E-state index contributed by atoms with van der Waals surface area (Å²) in [5.74, 6) is 0.918. The Balaban J connectivity index is 1.81. The standard InChI is InChI=1S/C14H19ClN2/c15-12-4-2-11(3-5-12)14(8-16)17-9-10-1-6-13(17)7-10/h2-5,10,13-14H,1,6-9,16H2. The van der Waals surface area contributed by atoms with Gasteiger partial charge in [0.2, 0.25) is 0 Å². The van der Waals surface area contributed by atoms with Gasteiger partial charge in [0, 0.05) is 30.2 Å². The molecule has 3 atom stereocenters. The molecule has 3 rings (SSSR count). The molecule has 0 amide bonds. The van der Waals surface area contributed by atoms with Crippen molar-refractivity contribution in [2.45, 2.75) is 31.3 Å². The van der Waals surface area contributed by atoms with Crippen molar-refractivity contribution < 1.29 is 0 Å². The van der Waals surface area contributed by atoms with E-state index in [2.05, 4.69) is 17.0 Å². The van der Waals surface area contributed by atoms with E-state index in [0.717, 1.165) is 17.0 Å². The van der Waals surface area contributed by atoms with E-state index in [1.807, 2.05) is 12.1 Å². The first kappa shape index (κ1) is 11.5. The number of piperidine rings is 1. The molecule has 3 unspecified atom stereocenters. The third-order valence-electron chi connectivity index (χ3n) is 4.33. The monoisotopic (exact) mass is 250 g/mol. The smallest absolute Gasteiger partial charge is 0.0473 e. The van der Waals surface area contributed by atoms with E-state index in [1.165, 1.54) is 31.4 Å². The van der Waals surface area contributed by atoms with Crippen LogP contribution >= 0.6 is 11.6 Å². The van der Waals surface area contributed by atoms with Gasteiger partial charge in [-0.3, -0.25) is 4.90 Å². The largest absolute Gasteiger partial charge is 0.329 e. The highest BCUT2D eigenvalue weighted by atomic mass is 35.5. The Morgan fingerprint density at radius 1 is 1.29 bits per heavy atom. The van der Waals surface area contributed by atoms with Gasteiger partial charge in [-0.1, -0.05) is 23.7 Å². The molecule has 17 heavy (non-hydrogen) atoms. The molecule has 92 valence electrons. The summed E-state index contributed by atoms with van der Waals surface area (Å²) >= 11 is 5.94. The molecule has 1 heterocycles. The summed E-state index contributed by atoms with van der Waals surface area (Å²) in [6.07, 6.45) is 4.15. The predicted molar refractivity (Wildman–Crippen MR) is 71.1 cm³/mol. The number of halogens is 1. The zero-order valence-electron chi connectivity index (χ0n) is 9.98. The fourth-order valence-corrected chi connectivity index (χ4v) is 3.62. The molecule has 1 aromatic carbocycles. The number of benzene rings is 1. The van der Waals surface area contributed by atoms with Crippen LogP contribution in [0.2, 0.25) is 5.02 Å². The molecular weight excluding hydrogens is 232 g/mol. The molecule has 1 saturated carbocycles. The Hall–Kier alpha value is -0.570. The summed E-state index contributed by atoms with van der Waals surface area (Å²) in [4.78, 5) is 2.61. The van der Waals surface area contributed by atoms with Gasteiger partial charge in [-0.2, -0.15) is 0 Å². The normalized spacial score (nSPS) is 29.8. The minimum atomic E-state index is 0.377. The number of nitrogens with zero attached hydrogens (tertiary/aromatic N) is 1. The number of likely N-dealkylation sites (tertiary alicyclic amines) is 1. The van der Waals surface area contributed by atoms with Gasteiger partial charge in [-0.15, -0.1) is 0 Å². The van der Waals surface area contributed by atoms with Crippen molar-refractivity contribution in [3.63, 3.8) is 0 Å². The minimum Gasteiger partial charge on any atom is -0.329 e. The quantitative estimate of drug-likeness (QED) is 0.894. The van der Waals surface area contributed by atoms with E-state index in [4.69, 9.17) is 17.3 Å². The van der Waals surface area contributed by atoms with E-state index in [9.17, 15) is 0 Å². The number of nitrogens with two attached hydrogens (primary N) is 1. The Morgan fingerprint density at radius 2 is 2.06 bits per heavy atom. The highest BCUT2D eigenvalue weighted by Gasteiger charge is 2.40. The van der Waals surface area contributed by atoms with Crippen LogP contribution in [0.15, 0.2) is 24.3 Å². The van der Waals surface area contributed by atoms with Gasteiger partial charge >= 0.3 is 0 Å². The number of fused-ring (bicyclic) bond motifs is 2. The zero-order chi connectivity index (χ0) is 11.8. The lowest BCUT2D eigenvalue weighted by molar-refractivity contribution is 0.153. The molecule has 1 saturated heterocycles. The highest BCUT2D eigenvalue weighted by Crippen LogP contribution is 2.41. The molecule has 3 heteroatoms. The Labute approximate surface area is 108 Å². The van der Waals surface area contributed by atoms with Gasteiger partial charge in [0.25, 0.3) is 0 Å². The molecule has 0 aromatic heterocycles. The zero-order valence-corrected chi connectivity index (χ0v) is 10.7. The topological polar surface area (TPSA) is 29.3 Å². The van der Waals surface area contributed by atoms with Crippen LogP contribution in [0.5, 0.6) is 0 Å². The Bertz CT molecular complexity index is 390. The first-order chi connectivity index (χ1) is 8.28. The molecule has 2 aliphatic rings. The van der Waals surface area contributed by atoms with Gasteiger partial charge in [-0.25, -0.2) is 0 Å². The molecule has 2 nitrogen and oxygen atoms in total. The second-order valence-electron chi connectivity index (χ2n) is 5.33. The Kier molecular flexibility index (Phi) is 3.12. The third-order valence-corrected chi connectivity index (χ3v) is 4.58. The summed E-state index contributed by atoms with van der Waals surface area (Å²) in [7, 11) is 0. The van der Waals surface area contributed by atoms with Crippen molar-refractivity contribution in [3.05, 3.63) is 34.9 Å². The molecule has 2 bridgehead atoms. The molecule has 0 spiro atoms. The summed E-state index contributed by atoms with van der Waals surface area (Å²) < 4.78 is 0. The van der Waals surface area contributed by atoms with Crippen molar-refractivity contribution in [1.82, 2.24) is 4.90 Å². The SMILES string of the molecule is NCC(c1ccc(Cl)cc1)N1CC2CCC1C2. The summed E-state index contributed by atoms with van der Waals surface area (Å²) in [5.41, 5.74) is 7.29. The van der Waals surface area contributed by atoms with Crippen molar-refractivity contribution in [1.29, 1.82) is 0 Å². The van der Waals surface area contributed by atoms with Crippen LogP contribution in [0.25, 0.3) is 0 Å². The van der Waals surface area contributed by atoms with Crippen LogP contribution in [0.3, 0.4) is 0 Å². The maximum Gasteiger partial charge on any atom is 0.0473 e. The summed E-state index contributed by atoms with van der Waals surface area (Å²) in [6.45, 7) is 1.93. The fourth-order valence-electron chi connectivity index (χ4n) is 3.49. The second-order valence-corrected chi connectivity index (χ2v) is 5.77. The van der Waals surface area contributed by atoms with E-state index >= 15 is 0 Å². The van der Waals surface area contributed by atoms with Crippen LogP contribution < -0.4 is 5.73 Å². The third kappa shape index (κ3) is 2.10. The van der Waals surface area contributed by atoms with Crippen LogP contribution in [0.4, 0.5) is 0 Å². The lowest BCUT2D eigenvalue weighted by atomic mass is 10.0. The molecule has 0 radical (unpaired) electrons. The van der Waals surface area contributed by atoms with E-state index in [0.29, 0.717) is 12.6 Å². The Morgan fingerprint density at radius 3 is 2.59 bits per heavy atom. The van der Waals surface area contributed by atoms with Crippen molar-refractivity contribution in [2.24, 2.45) is 11.7 Å². The van der Waals surface area contributed by atoms with Crippen molar-refractivity contribution in [3.8, 4) is 0 Å². The van der Waals surface area contributed by atoms with Gasteiger partial charge < -0.3 is 5.73 Å². The second kappa shape index (κ2) is 4.60. The van der Waals surface area contributed by atoms with Gasteiger partial charge in [0.15, 0.2) is 0 Å². The van der Waals surface area contributed by atoms with Crippen molar-refractivity contribution in [2.75, 3.05) is 13.1 Å². The molecule has 1 aliphatic carbocycles. The number of hydrogen-bond donors (Lipinski definition) is 1. The molecule has 2 fully saturated rings. The first-order valence-electron chi connectivity index (χ1n) is 6.49. The fraction of sp³-hybridized carbons (Fsp3) is 0.571. The first-order valence-corrected chi connectivity index (χ1v) is 6.87. The molecular formula is C14H19ClN2. The minimum absolute atomic E-state index is 0.377. The maximum atomic E-state index is 5.98. The van der Waals surface area contributed by atoms with E-state index in [-0.39, 0.29) is 0 Å². The average Bonchev–Trinajstić information content (AvgIpc) is 2.95. The summed E-state index contributed by atoms with van der Waals surface area (Å²) in [6, 6.07) is 9.31. The number of hydrogen-bond acceptors (Lipinski definition) is 2. The molecule has 1 aliphatic heterocycles. The van der Waals surface area contributed by atoms with Gasteiger partial charge in [0.05, 0.1) is 0 Å². The maximum absolute atomic E-state index is 5.98. The lowest BCUT2D eigenvalue weighted by Gasteiger charge is -2.34. The van der Waals surface area contributed by atoms with Crippen LogP contribution in [0, 0.1) is 5.92 Å². The van der Waals surface area contributed by atoms with Crippen LogP contribution in [0.1, 0.15) is 30.9 Å². The lowest BCUT2D eigenvalue weighted by Crippen LogP contribution is -2.39. The molecule has 2 N–H and O–H groups in total.